The number of rotatable bonds is 6. The molecule has 0 bridgehead atoms. The maximum Gasteiger partial charge on any atom is 0.253 e. The Morgan fingerprint density at radius 2 is 2.29 bits per heavy atom. The molecule has 2 heterocycles. The summed E-state index contributed by atoms with van der Waals surface area (Å²) in [6.45, 7) is 5.79. The summed E-state index contributed by atoms with van der Waals surface area (Å²) in [6.07, 6.45) is 1.08. The fourth-order valence-corrected chi connectivity index (χ4v) is 3.00. The van der Waals surface area contributed by atoms with Crippen LogP contribution in [0.5, 0.6) is 0 Å². The van der Waals surface area contributed by atoms with E-state index in [9.17, 15) is 4.79 Å². The predicted octanol–water partition coefficient (Wildman–Crippen LogP) is 1.04. The van der Waals surface area contributed by atoms with E-state index in [1.54, 1.807) is 4.68 Å². The molecule has 0 aliphatic rings. The Bertz CT molecular complexity index is 678. The molecule has 0 aromatic carbocycles. The number of H-pyrrole nitrogens is 1. The van der Waals surface area contributed by atoms with E-state index in [1.165, 1.54) is 17.8 Å². The van der Waals surface area contributed by atoms with Crippen LogP contribution in [0.15, 0.2) is 21.0 Å². The molecule has 0 radical (unpaired) electrons. The van der Waals surface area contributed by atoms with E-state index in [4.69, 9.17) is 5.73 Å². The first-order chi connectivity index (χ1) is 10.0. The van der Waals surface area contributed by atoms with Gasteiger partial charge in [0.25, 0.3) is 5.56 Å². The van der Waals surface area contributed by atoms with Gasteiger partial charge in [0.15, 0.2) is 5.16 Å². The summed E-state index contributed by atoms with van der Waals surface area (Å²) in [5.41, 5.74) is 7.44. The number of aromatic nitrogens is 4. The van der Waals surface area contributed by atoms with Crippen molar-refractivity contribution in [2.75, 3.05) is 12.3 Å². The maximum absolute atomic E-state index is 11.5. The van der Waals surface area contributed by atoms with Crippen LogP contribution in [0.1, 0.15) is 24.6 Å². The van der Waals surface area contributed by atoms with E-state index >= 15 is 0 Å². The molecule has 0 atom stereocenters. The quantitative estimate of drug-likeness (QED) is 0.544. The van der Waals surface area contributed by atoms with Crippen molar-refractivity contribution in [3.8, 4) is 0 Å². The average molecular weight is 308 g/mol. The fourth-order valence-electron chi connectivity index (χ4n) is 2.00. The first kappa shape index (κ1) is 15.6. The highest BCUT2D eigenvalue weighted by Crippen LogP contribution is 2.29. The van der Waals surface area contributed by atoms with Crippen LogP contribution in [0.4, 0.5) is 5.82 Å². The molecular formula is C13H20N6OS. The van der Waals surface area contributed by atoms with Crippen LogP contribution in [0.3, 0.4) is 0 Å². The molecule has 0 fully saturated rings. The number of nitrogens with zero attached hydrogens (tertiary/aromatic N) is 3. The van der Waals surface area contributed by atoms with Gasteiger partial charge < -0.3 is 16.0 Å². The summed E-state index contributed by atoms with van der Waals surface area (Å²) < 4.78 is 1.80. The van der Waals surface area contributed by atoms with E-state index in [0.29, 0.717) is 5.16 Å². The lowest BCUT2D eigenvalue weighted by atomic mass is 10.2. The van der Waals surface area contributed by atoms with Crippen molar-refractivity contribution in [1.29, 1.82) is 0 Å². The molecule has 2 aromatic heterocycles. The molecule has 2 aromatic rings. The second-order valence-corrected chi connectivity index (χ2v) is 5.72. The minimum absolute atomic E-state index is 0.214. The third-order valence-electron chi connectivity index (χ3n) is 2.95. The van der Waals surface area contributed by atoms with Crippen LogP contribution in [-0.4, -0.2) is 26.3 Å². The van der Waals surface area contributed by atoms with Gasteiger partial charge >= 0.3 is 0 Å². The van der Waals surface area contributed by atoms with Crippen LogP contribution in [0, 0.1) is 6.92 Å². The smallest absolute Gasteiger partial charge is 0.253 e. The number of hydrogen-bond acceptors (Lipinski definition) is 6. The summed E-state index contributed by atoms with van der Waals surface area (Å²) in [4.78, 5) is 18.3. The van der Waals surface area contributed by atoms with Crippen molar-refractivity contribution in [3.63, 3.8) is 0 Å². The largest absolute Gasteiger partial charge is 0.383 e. The molecule has 0 amide bonds. The van der Waals surface area contributed by atoms with Crippen molar-refractivity contribution >= 4 is 17.6 Å². The Morgan fingerprint density at radius 3 is 2.95 bits per heavy atom. The summed E-state index contributed by atoms with van der Waals surface area (Å²) in [7, 11) is 1.88. The van der Waals surface area contributed by atoms with Crippen LogP contribution >= 0.6 is 11.8 Å². The Morgan fingerprint density at radius 1 is 1.52 bits per heavy atom. The predicted molar refractivity (Wildman–Crippen MR) is 83.3 cm³/mol. The Balaban J connectivity index is 2.28. The Kier molecular flexibility index (Phi) is 5.03. The minimum Gasteiger partial charge on any atom is -0.383 e. The zero-order valence-corrected chi connectivity index (χ0v) is 13.3. The lowest BCUT2D eigenvalue weighted by Crippen LogP contribution is -2.15. The molecule has 0 aliphatic carbocycles. The van der Waals surface area contributed by atoms with E-state index in [1.807, 2.05) is 14.0 Å². The zero-order valence-electron chi connectivity index (χ0n) is 12.4. The van der Waals surface area contributed by atoms with Crippen molar-refractivity contribution < 1.29 is 0 Å². The number of nitrogen functional groups attached to an aromatic ring is 1. The summed E-state index contributed by atoms with van der Waals surface area (Å²) in [5.74, 6) is 0.214. The summed E-state index contributed by atoms with van der Waals surface area (Å²) in [5, 5.41) is 9.23. The SMILES string of the molecule is CCCNCc1c(C)nn(C)c1Sc1nc(N)cc(=O)[nH]1. The summed E-state index contributed by atoms with van der Waals surface area (Å²) >= 11 is 1.36. The highest BCUT2D eigenvalue weighted by atomic mass is 32.2. The van der Waals surface area contributed by atoms with Crippen LogP contribution in [-0.2, 0) is 13.6 Å². The van der Waals surface area contributed by atoms with Crippen LogP contribution < -0.4 is 16.6 Å². The topological polar surface area (TPSA) is 102 Å². The van der Waals surface area contributed by atoms with Crippen LogP contribution in [0.2, 0.25) is 0 Å². The fraction of sp³-hybridized carbons (Fsp3) is 0.462. The van der Waals surface area contributed by atoms with Gasteiger partial charge in [-0.25, -0.2) is 4.98 Å². The van der Waals surface area contributed by atoms with Crippen molar-refractivity contribution in [1.82, 2.24) is 25.1 Å². The number of nitrogens with two attached hydrogens (primary N) is 1. The number of nitrogens with one attached hydrogen (secondary N) is 2. The Labute approximate surface area is 127 Å². The molecular weight excluding hydrogens is 288 g/mol. The maximum atomic E-state index is 11.5. The van der Waals surface area contributed by atoms with Crippen molar-refractivity contribution in [2.24, 2.45) is 7.05 Å². The van der Waals surface area contributed by atoms with Gasteiger partial charge in [-0.15, -0.1) is 0 Å². The minimum atomic E-state index is -0.255. The molecule has 4 N–H and O–H groups in total. The normalized spacial score (nSPS) is 11.0. The number of hydrogen-bond donors (Lipinski definition) is 3. The van der Waals surface area contributed by atoms with Crippen LogP contribution in [0.25, 0.3) is 0 Å². The van der Waals surface area contributed by atoms with Gasteiger partial charge in [0.2, 0.25) is 0 Å². The standard InChI is InChI=1S/C13H20N6OS/c1-4-5-15-7-9-8(2)18-19(3)12(9)21-13-16-10(14)6-11(20)17-13/h6,15H,4-5,7H2,1-3H3,(H3,14,16,17,20). The first-order valence-corrected chi connectivity index (χ1v) is 7.60. The average Bonchev–Trinajstić information content (AvgIpc) is 2.64. The number of aromatic amines is 1. The van der Waals surface area contributed by atoms with E-state index in [0.717, 1.165) is 35.8 Å². The zero-order chi connectivity index (χ0) is 15.4. The number of anilines is 1. The molecule has 0 saturated heterocycles. The van der Waals surface area contributed by atoms with Gasteiger partial charge in [-0.1, -0.05) is 6.92 Å². The van der Waals surface area contributed by atoms with E-state index in [2.05, 4.69) is 27.3 Å². The first-order valence-electron chi connectivity index (χ1n) is 6.79. The van der Waals surface area contributed by atoms with Gasteiger partial charge in [-0.2, -0.15) is 5.10 Å². The van der Waals surface area contributed by atoms with Gasteiger partial charge in [-0.05, 0) is 31.7 Å². The third kappa shape index (κ3) is 3.85. The second kappa shape index (κ2) is 6.77. The molecule has 7 nitrogen and oxygen atoms in total. The molecule has 0 saturated carbocycles. The van der Waals surface area contributed by atoms with Gasteiger partial charge in [0.05, 0.1) is 5.69 Å². The van der Waals surface area contributed by atoms with Gasteiger partial charge in [0.1, 0.15) is 10.8 Å². The molecule has 2 rings (SSSR count). The molecule has 0 aliphatic heterocycles. The lowest BCUT2D eigenvalue weighted by molar-refractivity contribution is 0.652. The highest BCUT2D eigenvalue weighted by Gasteiger charge is 2.15. The molecule has 0 unspecified atom stereocenters. The third-order valence-corrected chi connectivity index (χ3v) is 4.04. The van der Waals surface area contributed by atoms with Gasteiger partial charge in [0, 0.05) is 25.2 Å². The molecule has 21 heavy (non-hydrogen) atoms. The molecule has 114 valence electrons. The van der Waals surface area contributed by atoms with E-state index in [-0.39, 0.29) is 11.4 Å². The Hall–Kier alpha value is -1.80. The number of aryl methyl sites for hydroxylation is 2. The monoisotopic (exact) mass is 308 g/mol. The second-order valence-electron chi connectivity index (χ2n) is 4.75. The molecule has 8 heteroatoms. The summed E-state index contributed by atoms with van der Waals surface area (Å²) in [6, 6.07) is 1.27. The molecule has 0 spiro atoms. The van der Waals surface area contributed by atoms with Crippen molar-refractivity contribution in [2.45, 2.75) is 37.0 Å². The van der Waals surface area contributed by atoms with Crippen molar-refractivity contribution in [3.05, 3.63) is 27.7 Å². The highest BCUT2D eigenvalue weighted by molar-refractivity contribution is 7.99. The van der Waals surface area contributed by atoms with Gasteiger partial charge in [-0.3, -0.25) is 9.48 Å². The lowest BCUT2D eigenvalue weighted by Gasteiger charge is -2.07. The van der Waals surface area contributed by atoms with E-state index < -0.39 is 0 Å².